The SMILES string of the molecule is O=C(O)C(=O)O.c1ccc(N2CCN(C3CCN(Cc4ccccn4)CC3)CC2)cc1. The first-order valence-corrected chi connectivity index (χ1v) is 10.7. The zero-order valence-corrected chi connectivity index (χ0v) is 17.6. The van der Waals surface area contributed by atoms with Gasteiger partial charge < -0.3 is 15.1 Å². The number of carboxylic acid groups (broad SMARTS) is 2. The molecule has 31 heavy (non-hydrogen) atoms. The highest BCUT2D eigenvalue weighted by Crippen LogP contribution is 2.21. The van der Waals surface area contributed by atoms with Crippen molar-refractivity contribution < 1.29 is 19.8 Å². The van der Waals surface area contributed by atoms with E-state index in [1.807, 2.05) is 12.3 Å². The Morgan fingerprint density at radius 1 is 0.839 bits per heavy atom. The molecule has 3 heterocycles. The summed E-state index contributed by atoms with van der Waals surface area (Å²) in [6.07, 6.45) is 4.48. The van der Waals surface area contributed by atoms with Crippen LogP contribution >= 0.6 is 0 Å². The lowest BCUT2D eigenvalue weighted by Gasteiger charge is -2.43. The van der Waals surface area contributed by atoms with E-state index in [1.54, 1.807) is 0 Å². The fourth-order valence-corrected chi connectivity index (χ4v) is 4.15. The number of piperidine rings is 1. The average Bonchev–Trinajstić information content (AvgIpc) is 2.81. The van der Waals surface area contributed by atoms with Crippen LogP contribution in [0.15, 0.2) is 54.7 Å². The third-order valence-electron chi connectivity index (χ3n) is 5.80. The van der Waals surface area contributed by atoms with Gasteiger partial charge >= 0.3 is 11.9 Å². The van der Waals surface area contributed by atoms with Crippen molar-refractivity contribution in [2.24, 2.45) is 0 Å². The molecule has 0 bridgehead atoms. The van der Waals surface area contributed by atoms with Crippen LogP contribution in [0.1, 0.15) is 18.5 Å². The number of nitrogens with zero attached hydrogens (tertiary/aromatic N) is 4. The summed E-state index contributed by atoms with van der Waals surface area (Å²) < 4.78 is 0. The van der Waals surface area contributed by atoms with E-state index in [0.717, 1.165) is 25.7 Å². The van der Waals surface area contributed by atoms with Gasteiger partial charge in [-0.3, -0.25) is 14.8 Å². The number of pyridine rings is 1. The molecule has 8 heteroatoms. The number of hydrogen-bond acceptors (Lipinski definition) is 6. The highest BCUT2D eigenvalue weighted by atomic mass is 16.4. The number of carbonyl (C=O) groups is 2. The smallest absolute Gasteiger partial charge is 0.414 e. The van der Waals surface area contributed by atoms with Gasteiger partial charge in [-0.05, 0) is 37.1 Å². The average molecular weight is 427 g/mol. The summed E-state index contributed by atoms with van der Waals surface area (Å²) in [5.41, 5.74) is 2.56. The van der Waals surface area contributed by atoms with Crippen molar-refractivity contribution in [1.82, 2.24) is 14.8 Å². The molecular weight excluding hydrogens is 396 g/mol. The van der Waals surface area contributed by atoms with Crippen LogP contribution in [0, 0.1) is 0 Å². The van der Waals surface area contributed by atoms with Gasteiger partial charge in [0.1, 0.15) is 0 Å². The Morgan fingerprint density at radius 3 is 2.00 bits per heavy atom. The molecule has 0 amide bonds. The molecule has 1 aromatic heterocycles. The van der Waals surface area contributed by atoms with Crippen molar-refractivity contribution in [3.63, 3.8) is 0 Å². The van der Waals surface area contributed by atoms with Crippen LogP contribution in [-0.4, -0.2) is 82.2 Å². The number of benzene rings is 1. The number of likely N-dealkylation sites (tertiary alicyclic amines) is 1. The molecule has 2 aromatic rings. The number of rotatable bonds is 4. The van der Waals surface area contributed by atoms with Crippen LogP contribution < -0.4 is 4.90 Å². The van der Waals surface area contributed by atoms with E-state index in [2.05, 4.69) is 62.1 Å². The van der Waals surface area contributed by atoms with E-state index in [0.29, 0.717) is 0 Å². The molecule has 0 atom stereocenters. The maximum atomic E-state index is 9.10. The molecule has 0 aliphatic carbocycles. The second-order valence-electron chi connectivity index (χ2n) is 7.80. The summed E-state index contributed by atoms with van der Waals surface area (Å²) in [6, 6.07) is 17.8. The summed E-state index contributed by atoms with van der Waals surface area (Å²) >= 11 is 0. The molecule has 166 valence electrons. The monoisotopic (exact) mass is 426 g/mol. The Hall–Kier alpha value is -2.97. The topological polar surface area (TPSA) is 97.2 Å². The summed E-state index contributed by atoms with van der Waals surface area (Å²) in [6.45, 7) is 8.07. The number of piperazine rings is 1. The summed E-state index contributed by atoms with van der Waals surface area (Å²) in [4.78, 5) is 30.5. The number of anilines is 1. The second kappa shape index (κ2) is 11.4. The third-order valence-corrected chi connectivity index (χ3v) is 5.80. The van der Waals surface area contributed by atoms with Gasteiger partial charge in [0, 0.05) is 63.7 Å². The van der Waals surface area contributed by atoms with Gasteiger partial charge in [0.05, 0.1) is 5.69 Å². The predicted octanol–water partition coefficient (Wildman–Crippen LogP) is 2.02. The van der Waals surface area contributed by atoms with Crippen LogP contribution in [0.5, 0.6) is 0 Å². The second-order valence-corrected chi connectivity index (χ2v) is 7.80. The first-order valence-electron chi connectivity index (χ1n) is 10.7. The van der Waals surface area contributed by atoms with Crippen molar-refractivity contribution in [2.75, 3.05) is 44.2 Å². The standard InChI is InChI=1S/C21H28N4.C2H2O4/c1-2-7-20(8-3-1)24-14-16-25(17-15-24)21-9-12-23(13-10-21)18-19-6-4-5-11-22-19;3-1(4)2(5)6/h1-8,11,21H,9-10,12-18H2;(H,3,4)(H,5,6). The van der Waals surface area contributed by atoms with Crippen LogP contribution in [0.2, 0.25) is 0 Å². The van der Waals surface area contributed by atoms with Gasteiger partial charge in [-0.2, -0.15) is 0 Å². The van der Waals surface area contributed by atoms with Crippen LogP contribution in [0.25, 0.3) is 0 Å². The van der Waals surface area contributed by atoms with E-state index in [4.69, 9.17) is 19.8 Å². The number of aliphatic carboxylic acids is 2. The van der Waals surface area contributed by atoms with E-state index in [1.165, 1.54) is 50.4 Å². The lowest BCUT2D eigenvalue weighted by molar-refractivity contribution is -0.159. The van der Waals surface area contributed by atoms with Gasteiger partial charge in [0.15, 0.2) is 0 Å². The summed E-state index contributed by atoms with van der Waals surface area (Å²) in [7, 11) is 0. The molecule has 4 rings (SSSR count). The first-order chi connectivity index (χ1) is 15.0. The molecule has 0 saturated carbocycles. The van der Waals surface area contributed by atoms with Gasteiger partial charge in [0.25, 0.3) is 0 Å². The van der Waals surface area contributed by atoms with Crippen molar-refractivity contribution in [3.8, 4) is 0 Å². The predicted molar refractivity (Wildman–Crippen MR) is 118 cm³/mol. The van der Waals surface area contributed by atoms with Crippen molar-refractivity contribution in [1.29, 1.82) is 0 Å². The zero-order chi connectivity index (χ0) is 22.1. The first kappa shape index (κ1) is 22.7. The molecule has 0 spiro atoms. The highest BCUT2D eigenvalue weighted by Gasteiger charge is 2.27. The largest absolute Gasteiger partial charge is 0.473 e. The van der Waals surface area contributed by atoms with E-state index in [-0.39, 0.29) is 0 Å². The quantitative estimate of drug-likeness (QED) is 0.717. The van der Waals surface area contributed by atoms with Crippen molar-refractivity contribution in [2.45, 2.75) is 25.4 Å². The molecule has 2 fully saturated rings. The zero-order valence-electron chi connectivity index (χ0n) is 17.6. The Labute approximate surface area is 182 Å². The van der Waals surface area contributed by atoms with Crippen LogP contribution in [0.4, 0.5) is 5.69 Å². The number of hydrogen-bond donors (Lipinski definition) is 2. The van der Waals surface area contributed by atoms with E-state index >= 15 is 0 Å². The molecule has 1 aromatic carbocycles. The summed E-state index contributed by atoms with van der Waals surface area (Å²) in [5, 5.41) is 14.8. The normalized spacial score (nSPS) is 18.1. The van der Waals surface area contributed by atoms with Gasteiger partial charge in [0.2, 0.25) is 0 Å². The molecule has 2 aliphatic heterocycles. The van der Waals surface area contributed by atoms with E-state index < -0.39 is 11.9 Å². The van der Waals surface area contributed by atoms with Gasteiger partial charge in [-0.1, -0.05) is 24.3 Å². The fourth-order valence-electron chi connectivity index (χ4n) is 4.15. The van der Waals surface area contributed by atoms with Crippen molar-refractivity contribution >= 4 is 17.6 Å². The Kier molecular flexibility index (Phi) is 8.37. The minimum absolute atomic E-state index is 0.762. The molecule has 2 aliphatic rings. The minimum Gasteiger partial charge on any atom is -0.473 e. The molecule has 8 nitrogen and oxygen atoms in total. The Morgan fingerprint density at radius 2 is 1.45 bits per heavy atom. The fraction of sp³-hybridized carbons (Fsp3) is 0.435. The number of para-hydroxylation sites is 1. The molecular formula is C23H30N4O4. The Bertz CT molecular complexity index is 806. The van der Waals surface area contributed by atoms with Gasteiger partial charge in [-0.25, -0.2) is 9.59 Å². The third kappa shape index (κ3) is 7.04. The highest BCUT2D eigenvalue weighted by molar-refractivity contribution is 6.27. The molecule has 0 unspecified atom stereocenters. The Balaban J connectivity index is 0.000000401. The number of carboxylic acids is 2. The lowest BCUT2D eigenvalue weighted by atomic mass is 10.0. The minimum atomic E-state index is -1.82. The maximum absolute atomic E-state index is 9.10. The molecule has 2 saturated heterocycles. The summed E-state index contributed by atoms with van der Waals surface area (Å²) in [5.74, 6) is -3.65. The molecule has 0 radical (unpaired) electrons. The van der Waals surface area contributed by atoms with Crippen LogP contribution in [-0.2, 0) is 16.1 Å². The maximum Gasteiger partial charge on any atom is 0.414 e. The van der Waals surface area contributed by atoms with Crippen molar-refractivity contribution in [3.05, 3.63) is 60.4 Å². The lowest BCUT2D eigenvalue weighted by Crippen LogP contribution is -2.53. The van der Waals surface area contributed by atoms with E-state index in [9.17, 15) is 0 Å². The number of aromatic nitrogens is 1. The van der Waals surface area contributed by atoms with Crippen LogP contribution in [0.3, 0.4) is 0 Å². The van der Waals surface area contributed by atoms with Gasteiger partial charge in [-0.15, -0.1) is 0 Å². The molecule has 2 N–H and O–H groups in total.